The third-order valence-electron chi connectivity index (χ3n) is 4.27. The monoisotopic (exact) mass is 336 g/mol. The molecule has 1 atom stereocenters. The molecule has 6 heteroatoms. The predicted molar refractivity (Wildman–Crippen MR) is 98.4 cm³/mol. The zero-order valence-corrected chi connectivity index (χ0v) is 13.8. The van der Waals surface area contributed by atoms with E-state index < -0.39 is 0 Å². The summed E-state index contributed by atoms with van der Waals surface area (Å²) in [4.78, 5) is 9.15. The molecule has 1 saturated heterocycles. The Bertz CT molecular complexity index is 878. The van der Waals surface area contributed by atoms with Crippen LogP contribution in [-0.2, 0) is 4.74 Å². The maximum absolute atomic E-state index is 9.95. The van der Waals surface area contributed by atoms with E-state index in [1.54, 1.807) is 18.2 Å². The summed E-state index contributed by atoms with van der Waals surface area (Å²) in [6, 6.07) is 14.9. The molecule has 0 radical (unpaired) electrons. The molecule has 1 aliphatic heterocycles. The summed E-state index contributed by atoms with van der Waals surface area (Å²) < 4.78 is 5.67. The van der Waals surface area contributed by atoms with Crippen LogP contribution in [-0.4, -0.2) is 34.3 Å². The molecule has 0 bridgehead atoms. The summed E-state index contributed by atoms with van der Waals surface area (Å²) in [6.45, 7) is 1.55. The number of para-hydroxylation sites is 3. The van der Waals surface area contributed by atoms with Crippen molar-refractivity contribution in [1.29, 1.82) is 0 Å². The molecule has 2 heterocycles. The molecule has 0 saturated carbocycles. The van der Waals surface area contributed by atoms with E-state index in [4.69, 9.17) is 4.74 Å². The molecule has 6 nitrogen and oxygen atoms in total. The van der Waals surface area contributed by atoms with Crippen LogP contribution in [0, 0.1) is 0 Å². The van der Waals surface area contributed by atoms with Gasteiger partial charge in [-0.25, -0.2) is 4.98 Å². The second-order valence-electron chi connectivity index (χ2n) is 6.07. The first kappa shape index (κ1) is 15.7. The van der Waals surface area contributed by atoms with Gasteiger partial charge in [0.15, 0.2) is 0 Å². The second-order valence-corrected chi connectivity index (χ2v) is 6.07. The lowest BCUT2D eigenvalue weighted by atomic mass is 10.2. The van der Waals surface area contributed by atoms with Crippen molar-refractivity contribution in [3.8, 4) is 5.75 Å². The molecule has 1 aromatic heterocycles. The van der Waals surface area contributed by atoms with Gasteiger partial charge in [-0.15, -0.1) is 0 Å². The van der Waals surface area contributed by atoms with Crippen LogP contribution in [0.5, 0.6) is 5.75 Å². The standard InChI is InChI=1S/C19H20N4O2/c24-17-10-4-3-9-16(17)22-19-21-15-8-2-1-7-14(15)18(23-19)20-12-13-6-5-11-25-13/h1-4,7-10,13,24H,5-6,11-12H2,(H2,20,21,22,23)/t13-/m0/s1. The molecule has 0 aliphatic carbocycles. The summed E-state index contributed by atoms with van der Waals surface area (Å²) >= 11 is 0. The number of nitrogens with one attached hydrogen (secondary N) is 2. The second kappa shape index (κ2) is 6.94. The number of phenolic OH excluding ortho intramolecular Hbond substituents is 1. The zero-order valence-electron chi connectivity index (χ0n) is 13.8. The molecule has 0 unspecified atom stereocenters. The topological polar surface area (TPSA) is 79.3 Å². The lowest BCUT2D eigenvalue weighted by Gasteiger charge is -2.14. The molecular formula is C19H20N4O2. The molecule has 0 amide bonds. The quantitative estimate of drug-likeness (QED) is 0.617. The number of benzene rings is 2. The van der Waals surface area contributed by atoms with Gasteiger partial charge >= 0.3 is 0 Å². The van der Waals surface area contributed by atoms with Crippen LogP contribution in [0.4, 0.5) is 17.5 Å². The van der Waals surface area contributed by atoms with Gasteiger partial charge in [-0.05, 0) is 37.1 Å². The Labute approximate surface area is 145 Å². The van der Waals surface area contributed by atoms with Gasteiger partial charge in [-0.3, -0.25) is 0 Å². The Balaban J connectivity index is 1.64. The first-order valence-electron chi connectivity index (χ1n) is 8.47. The molecule has 25 heavy (non-hydrogen) atoms. The number of fused-ring (bicyclic) bond motifs is 1. The van der Waals surface area contributed by atoms with Crippen LogP contribution in [0.3, 0.4) is 0 Å². The molecule has 0 spiro atoms. The number of nitrogens with zero attached hydrogens (tertiary/aromatic N) is 2. The van der Waals surface area contributed by atoms with Crippen molar-refractivity contribution in [1.82, 2.24) is 9.97 Å². The van der Waals surface area contributed by atoms with Gasteiger partial charge < -0.3 is 20.5 Å². The van der Waals surface area contributed by atoms with Crippen LogP contribution < -0.4 is 10.6 Å². The number of hydrogen-bond donors (Lipinski definition) is 3. The zero-order chi connectivity index (χ0) is 17.1. The fourth-order valence-corrected chi connectivity index (χ4v) is 2.98. The summed E-state index contributed by atoms with van der Waals surface area (Å²) in [5, 5.41) is 17.4. The summed E-state index contributed by atoms with van der Waals surface area (Å²) in [5.74, 6) is 1.36. The van der Waals surface area contributed by atoms with Gasteiger partial charge in [0, 0.05) is 18.5 Å². The highest BCUT2D eigenvalue weighted by Gasteiger charge is 2.16. The van der Waals surface area contributed by atoms with Crippen molar-refractivity contribution in [2.45, 2.75) is 18.9 Å². The SMILES string of the molecule is Oc1ccccc1Nc1nc(NC[C@@H]2CCCO2)c2ccccc2n1. The third-order valence-corrected chi connectivity index (χ3v) is 4.27. The van der Waals surface area contributed by atoms with E-state index in [0.29, 0.717) is 11.6 Å². The molecular weight excluding hydrogens is 316 g/mol. The molecule has 2 aromatic carbocycles. The predicted octanol–water partition coefficient (Wildman–Crippen LogP) is 3.67. The van der Waals surface area contributed by atoms with Crippen LogP contribution in [0.15, 0.2) is 48.5 Å². The number of ether oxygens (including phenoxy) is 1. The molecule has 128 valence electrons. The smallest absolute Gasteiger partial charge is 0.229 e. The first-order chi connectivity index (χ1) is 12.3. The Morgan fingerprint density at radius 2 is 1.92 bits per heavy atom. The molecule has 1 fully saturated rings. The summed E-state index contributed by atoms with van der Waals surface area (Å²) in [6.07, 6.45) is 2.40. The number of anilines is 3. The number of aromatic hydroxyl groups is 1. The Kier molecular flexibility index (Phi) is 4.35. The van der Waals surface area contributed by atoms with Gasteiger partial charge in [-0.1, -0.05) is 24.3 Å². The average Bonchev–Trinajstić information content (AvgIpc) is 3.15. The fraction of sp³-hybridized carbons (Fsp3) is 0.263. The first-order valence-corrected chi connectivity index (χ1v) is 8.47. The maximum Gasteiger partial charge on any atom is 0.229 e. The van der Waals surface area contributed by atoms with Crippen molar-refractivity contribution >= 4 is 28.4 Å². The molecule has 3 aromatic rings. The molecule has 4 rings (SSSR count). The highest BCUT2D eigenvalue weighted by atomic mass is 16.5. The number of rotatable bonds is 5. The Hall–Kier alpha value is -2.86. The Morgan fingerprint density at radius 3 is 2.76 bits per heavy atom. The number of hydrogen-bond acceptors (Lipinski definition) is 6. The molecule has 1 aliphatic rings. The van der Waals surface area contributed by atoms with Gasteiger partial charge in [-0.2, -0.15) is 4.98 Å². The van der Waals surface area contributed by atoms with Gasteiger partial charge in [0.2, 0.25) is 5.95 Å². The van der Waals surface area contributed by atoms with Gasteiger partial charge in [0.25, 0.3) is 0 Å². The lowest BCUT2D eigenvalue weighted by Crippen LogP contribution is -2.19. The normalized spacial score (nSPS) is 16.9. The van der Waals surface area contributed by atoms with E-state index in [2.05, 4.69) is 20.6 Å². The van der Waals surface area contributed by atoms with Crippen LogP contribution >= 0.6 is 0 Å². The maximum atomic E-state index is 9.95. The van der Waals surface area contributed by atoms with Crippen molar-refractivity contribution in [2.24, 2.45) is 0 Å². The van der Waals surface area contributed by atoms with Gasteiger partial charge in [0.05, 0.1) is 17.3 Å². The minimum absolute atomic E-state index is 0.160. The van der Waals surface area contributed by atoms with Gasteiger partial charge in [0.1, 0.15) is 11.6 Å². The molecule has 3 N–H and O–H groups in total. The Morgan fingerprint density at radius 1 is 1.08 bits per heavy atom. The van der Waals surface area contributed by atoms with E-state index in [0.717, 1.165) is 42.7 Å². The van der Waals surface area contributed by atoms with E-state index >= 15 is 0 Å². The fourth-order valence-electron chi connectivity index (χ4n) is 2.98. The van der Waals surface area contributed by atoms with Crippen molar-refractivity contribution in [3.63, 3.8) is 0 Å². The summed E-state index contributed by atoms with van der Waals surface area (Å²) in [5.41, 5.74) is 1.41. The van der Waals surface area contributed by atoms with E-state index in [-0.39, 0.29) is 11.9 Å². The van der Waals surface area contributed by atoms with Crippen molar-refractivity contribution < 1.29 is 9.84 Å². The summed E-state index contributed by atoms with van der Waals surface area (Å²) in [7, 11) is 0. The van der Waals surface area contributed by atoms with Crippen LogP contribution in [0.2, 0.25) is 0 Å². The van der Waals surface area contributed by atoms with Crippen LogP contribution in [0.1, 0.15) is 12.8 Å². The van der Waals surface area contributed by atoms with Crippen LogP contribution in [0.25, 0.3) is 10.9 Å². The van der Waals surface area contributed by atoms with E-state index in [1.807, 2.05) is 30.3 Å². The third kappa shape index (κ3) is 3.49. The minimum Gasteiger partial charge on any atom is -0.506 e. The number of aromatic nitrogens is 2. The highest BCUT2D eigenvalue weighted by molar-refractivity contribution is 5.90. The van der Waals surface area contributed by atoms with Crippen molar-refractivity contribution in [3.05, 3.63) is 48.5 Å². The van der Waals surface area contributed by atoms with Crippen molar-refractivity contribution in [2.75, 3.05) is 23.8 Å². The van der Waals surface area contributed by atoms with E-state index in [9.17, 15) is 5.11 Å². The highest BCUT2D eigenvalue weighted by Crippen LogP contribution is 2.27. The lowest BCUT2D eigenvalue weighted by molar-refractivity contribution is 0.120. The largest absolute Gasteiger partial charge is 0.506 e. The average molecular weight is 336 g/mol. The minimum atomic E-state index is 0.160. The van der Waals surface area contributed by atoms with E-state index in [1.165, 1.54) is 0 Å². The number of phenols is 1.